The van der Waals surface area contributed by atoms with E-state index >= 15 is 0 Å². The highest BCUT2D eigenvalue weighted by molar-refractivity contribution is 6.29. The largest absolute Gasteiger partial charge is 0.469 e. The Morgan fingerprint density at radius 3 is 3.11 bits per heavy atom. The van der Waals surface area contributed by atoms with Crippen LogP contribution in [0.5, 0.6) is 0 Å². The number of halogens is 1. The molecule has 0 aliphatic carbocycles. The van der Waals surface area contributed by atoms with Crippen LogP contribution in [0.15, 0.2) is 18.3 Å². The molecule has 2 rings (SSSR count). The van der Waals surface area contributed by atoms with Gasteiger partial charge in [-0.25, -0.2) is 4.98 Å². The van der Waals surface area contributed by atoms with Crippen molar-refractivity contribution >= 4 is 17.6 Å². The van der Waals surface area contributed by atoms with Gasteiger partial charge >= 0.3 is 5.97 Å². The van der Waals surface area contributed by atoms with E-state index in [4.69, 9.17) is 16.3 Å². The number of ether oxygens (including phenoxy) is 1. The molecule has 1 aliphatic heterocycles. The van der Waals surface area contributed by atoms with Crippen LogP contribution in [0.2, 0.25) is 5.15 Å². The van der Waals surface area contributed by atoms with E-state index in [2.05, 4.69) is 9.88 Å². The summed E-state index contributed by atoms with van der Waals surface area (Å²) < 4.78 is 4.81. The number of aromatic nitrogens is 1. The van der Waals surface area contributed by atoms with Gasteiger partial charge in [0.25, 0.3) is 0 Å². The van der Waals surface area contributed by atoms with Gasteiger partial charge in [-0.1, -0.05) is 17.7 Å². The minimum Gasteiger partial charge on any atom is -0.469 e. The molecule has 1 saturated heterocycles. The van der Waals surface area contributed by atoms with Gasteiger partial charge in [0.05, 0.1) is 13.0 Å². The Kier molecular flexibility index (Phi) is 4.55. The minimum absolute atomic E-state index is 0.00371. The summed E-state index contributed by atoms with van der Waals surface area (Å²) in [5, 5.41) is 0.504. The van der Waals surface area contributed by atoms with Crippen molar-refractivity contribution in [3.8, 4) is 0 Å². The minimum atomic E-state index is -0.103. The molecular formula is C13H17ClN2O2. The second-order valence-corrected chi connectivity index (χ2v) is 4.97. The molecule has 18 heavy (non-hydrogen) atoms. The molecule has 5 heteroatoms. The maximum atomic E-state index is 11.5. The zero-order valence-electron chi connectivity index (χ0n) is 10.4. The van der Waals surface area contributed by atoms with Crippen LogP contribution in [0.3, 0.4) is 0 Å². The van der Waals surface area contributed by atoms with Crippen LogP contribution in [0.1, 0.15) is 18.4 Å². The predicted molar refractivity (Wildman–Crippen MR) is 69.3 cm³/mol. The number of rotatable bonds is 3. The number of esters is 1. The summed E-state index contributed by atoms with van der Waals surface area (Å²) in [7, 11) is 1.45. The van der Waals surface area contributed by atoms with Gasteiger partial charge in [-0.2, -0.15) is 0 Å². The first-order chi connectivity index (χ1) is 8.69. The molecule has 0 spiro atoms. The first-order valence-corrected chi connectivity index (χ1v) is 6.47. The second kappa shape index (κ2) is 6.16. The molecule has 0 aromatic carbocycles. The molecule has 1 aromatic heterocycles. The van der Waals surface area contributed by atoms with E-state index in [-0.39, 0.29) is 11.9 Å². The Balaban J connectivity index is 1.93. The van der Waals surface area contributed by atoms with Crippen molar-refractivity contribution in [1.82, 2.24) is 9.88 Å². The topological polar surface area (TPSA) is 42.4 Å². The highest BCUT2D eigenvalue weighted by Gasteiger charge is 2.26. The molecule has 0 amide bonds. The van der Waals surface area contributed by atoms with E-state index in [1.807, 2.05) is 6.07 Å². The summed E-state index contributed by atoms with van der Waals surface area (Å²) in [5.74, 6) is -0.0991. The molecule has 0 bridgehead atoms. The fraction of sp³-hybridized carbons (Fsp3) is 0.538. The van der Waals surface area contributed by atoms with Crippen molar-refractivity contribution in [2.45, 2.75) is 19.4 Å². The monoisotopic (exact) mass is 268 g/mol. The van der Waals surface area contributed by atoms with Crippen LogP contribution in [-0.2, 0) is 16.1 Å². The van der Waals surface area contributed by atoms with E-state index in [9.17, 15) is 4.79 Å². The number of hydrogen-bond acceptors (Lipinski definition) is 4. The molecule has 98 valence electrons. The SMILES string of the molecule is COC(=O)C1CCCN(Cc2ccc(Cl)nc2)C1. The van der Waals surface area contributed by atoms with Gasteiger partial charge in [0, 0.05) is 19.3 Å². The van der Waals surface area contributed by atoms with Crippen molar-refractivity contribution in [3.05, 3.63) is 29.0 Å². The maximum Gasteiger partial charge on any atom is 0.309 e. The number of hydrogen-bond donors (Lipinski definition) is 0. The molecule has 1 fully saturated rings. The van der Waals surface area contributed by atoms with Crippen LogP contribution in [-0.4, -0.2) is 36.1 Å². The molecule has 1 aliphatic rings. The highest BCUT2D eigenvalue weighted by atomic mass is 35.5. The lowest BCUT2D eigenvalue weighted by atomic mass is 9.98. The summed E-state index contributed by atoms with van der Waals surface area (Å²) in [5.41, 5.74) is 1.12. The van der Waals surface area contributed by atoms with E-state index in [1.54, 1.807) is 12.3 Å². The van der Waals surface area contributed by atoms with Crippen molar-refractivity contribution in [2.75, 3.05) is 20.2 Å². The lowest BCUT2D eigenvalue weighted by Crippen LogP contribution is -2.38. The fourth-order valence-electron chi connectivity index (χ4n) is 2.32. The van der Waals surface area contributed by atoms with Gasteiger partial charge in [-0.05, 0) is 31.0 Å². The quantitative estimate of drug-likeness (QED) is 0.622. The van der Waals surface area contributed by atoms with Crippen LogP contribution in [0.25, 0.3) is 0 Å². The Labute approximate surface area is 112 Å². The van der Waals surface area contributed by atoms with Crippen molar-refractivity contribution in [3.63, 3.8) is 0 Å². The Bertz CT molecular complexity index is 408. The van der Waals surface area contributed by atoms with E-state index in [1.165, 1.54) is 7.11 Å². The summed E-state index contributed by atoms with van der Waals surface area (Å²) in [6.45, 7) is 2.57. The lowest BCUT2D eigenvalue weighted by molar-refractivity contribution is -0.147. The van der Waals surface area contributed by atoms with Crippen molar-refractivity contribution in [2.24, 2.45) is 5.92 Å². The molecule has 1 unspecified atom stereocenters. The smallest absolute Gasteiger partial charge is 0.309 e. The summed E-state index contributed by atoms with van der Waals surface area (Å²) >= 11 is 5.75. The second-order valence-electron chi connectivity index (χ2n) is 4.59. The third kappa shape index (κ3) is 3.43. The van der Waals surface area contributed by atoms with Crippen LogP contribution in [0, 0.1) is 5.92 Å². The van der Waals surface area contributed by atoms with Crippen LogP contribution < -0.4 is 0 Å². The normalized spacial score (nSPS) is 20.7. The zero-order valence-corrected chi connectivity index (χ0v) is 11.2. The molecule has 1 aromatic rings. The van der Waals surface area contributed by atoms with Crippen LogP contribution in [0.4, 0.5) is 0 Å². The van der Waals surface area contributed by atoms with Gasteiger partial charge in [0.2, 0.25) is 0 Å². The van der Waals surface area contributed by atoms with Gasteiger partial charge in [0.1, 0.15) is 5.15 Å². The average molecular weight is 269 g/mol. The predicted octanol–water partition coefficient (Wildman–Crippen LogP) is 2.12. The summed E-state index contributed by atoms with van der Waals surface area (Å²) in [4.78, 5) is 17.9. The van der Waals surface area contributed by atoms with E-state index in [0.717, 1.165) is 38.0 Å². The van der Waals surface area contributed by atoms with Gasteiger partial charge in [-0.3, -0.25) is 9.69 Å². The van der Waals surface area contributed by atoms with Gasteiger partial charge < -0.3 is 4.74 Å². The van der Waals surface area contributed by atoms with E-state index < -0.39 is 0 Å². The standard InChI is InChI=1S/C13H17ClN2O2/c1-18-13(17)11-3-2-6-16(9-11)8-10-4-5-12(14)15-7-10/h4-5,7,11H,2-3,6,8-9H2,1H3. The number of pyridine rings is 1. The van der Waals surface area contributed by atoms with Gasteiger partial charge in [0.15, 0.2) is 0 Å². The Hall–Kier alpha value is -1.13. The Morgan fingerprint density at radius 2 is 2.44 bits per heavy atom. The first kappa shape index (κ1) is 13.3. The highest BCUT2D eigenvalue weighted by Crippen LogP contribution is 2.19. The number of carbonyl (C=O) groups is 1. The van der Waals surface area contributed by atoms with E-state index in [0.29, 0.717) is 5.15 Å². The van der Waals surface area contributed by atoms with Crippen molar-refractivity contribution < 1.29 is 9.53 Å². The molecular weight excluding hydrogens is 252 g/mol. The number of piperidine rings is 1. The summed E-state index contributed by atoms with van der Waals surface area (Å²) in [6, 6.07) is 3.76. The number of methoxy groups -OCH3 is 1. The third-order valence-corrected chi connectivity index (χ3v) is 3.46. The number of nitrogens with zero attached hydrogens (tertiary/aromatic N) is 2. The average Bonchev–Trinajstić information content (AvgIpc) is 2.41. The Morgan fingerprint density at radius 1 is 1.61 bits per heavy atom. The lowest BCUT2D eigenvalue weighted by Gasteiger charge is -2.31. The van der Waals surface area contributed by atoms with Crippen molar-refractivity contribution in [1.29, 1.82) is 0 Å². The maximum absolute atomic E-state index is 11.5. The number of carbonyl (C=O) groups excluding carboxylic acids is 1. The zero-order chi connectivity index (χ0) is 13.0. The first-order valence-electron chi connectivity index (χ1n) is 6.09. The molecule has 4 nitrogen and oxygen atoms in total. The third-order valence-electron chi connectivity index (χ3n) is 3.23. The molecule has 2 heterocycles. The van der Waals surface area contributed by atoms with Crippen LogP contribution >= 0.6 is 11.6 Å². The fourth-order valence-corrected chi connectivity index (χ4v) is 2.43. The molecule has 1 atom stereocenters. The number of likely N-dealkylation sites (tertiary alicyclic amines) is 1. The molecule has 0 saturated carbocycles. The molecule has 0 N–H and O–H groups in total. The summed E-state index contributed by atoms with van der Waals surface area (Å²) in [6.07, 6.45) is 3.73. The van der Waals surface area contributed by atoms with Gasteiger partial charge in [-0.15, -0.1) is 0 Å². The molecule has 0 radical (unpaired) electrons.